The monoisotopic (exact) mass is 409 g/mol. The Kier molecular flexibility index (Phi) is 5.70. The number of anilines is 1. The third-order valence-corrected chi connectivity index (χ3v) is 5.63. The maximum atomic E-state index is 12.5. The second-order valence-corrected chi connectivity index (χ2v) is 7.94. The van der Waals surface area contributed by atoms with Gasteiger partial charge in [0.15, 0.2) is 5.82 Å². The zero-order valence-electron chi connectivity index (χ0n) is 14.0. The number of hydrogen-bond acceptors (Lipinski definition) is 7. The number of aromatic nitrogens is 3. The van der Waals surface area contributed by atoms with Crippen molar-refractivity contribution in [2.75, 3.05) is 18.3 Å². The minimum absolute atomic E-state index is 0.226. The lowest BCUT2D eigenvalue weighted by Crippen LogP contribution is -2.24. The molecule has 10 heteroatoms. The normalized spacial score (nSPS) is 12.0. The van der Waals surface area contributed by atoms with E-state index < -0.39 is 5.25 Å². The molecule has 2 aromatic heterocycles. The summed E-state index contributed by atoms with van der Waals surface area (Å²) in [5.74, 6) is 6.93. The molecule has 0 radical (unpaired) electrons. The molecule has 3 aromatic rings. The molecule has 0 spiro atoms. The molecule has 26 heavy (non-hydrogen) atoms. The van der Waals surface area contributed by atoms with Crippen molar-refractivity contribution in [1.82, 2.24) is 14.9 Å². The standard InChI is InChI=1S/C16H16ClN5O2S2/c1-9(15(23)19-11-8-10(17)5-6-12(11)24-2)26-16-21-20-14(22(16)18)13-4-3-7-25-13/h3-9H,18H2,1-2H3,(H,19,23). The van der Waals surface area contributed by atoms with Crippen molar-refractivity contribution in [3.63, 3.8) is 0 Å². The molecule has 3 N–H and O–H groups in total. The zero-order valence-corrected chi connectivity index (χ0v) is 16.4. The fourth-order valence-electron chi connectivity index (χ4n) is 2.16. The highest BCUT2D eigenvalue weighted by Gasteiger charge is 2.21. The Morgan fingerprint density at radius 1 is 1.42 bits per heavy atom. The predicted molar refractivity (Wildman–Crippen MR) is 105 cm³/mol. The molecule has 7 nitrogen and oxygen atoms in total. The van der Waals surface area contributed by atoms with Crippen LogP contribution in [-0.2, 0) is 4.79 Å². The lowest BCUT2D eigenvalue weighted by molar-refractivity contribution is -0.115. The Balaban J connectivity index is 1.71. The summed E-state index contributed by atoms with van der Waals surface area (Å²) in [6.07, 6.45) is 0. The summed E-state index contributed by atoms with van der Waals surface area (Å²) < 4.78 is 6.63. The van der Waals surface area contributed by atoms with Gasteiger partial charge in [0.1, 0.15) is 5.75 Å². The number of methoxy groups -OCH3 is 1. The molecule has 1 amide bonds. The molecular formula is C16H16ClN5O2S2. The van der Waals surface area contributed by atoms with Gasteiger partial charge in [-0.2, -0.15) is 0 Å². The molecule has 0 saturated heterocycles. The number of amides is 1. The molecule has 3 rings (SSSR count). The molecule has 136 valence electrons. The molecule has 0 aliphatic rings. The number of nitrogens with two attached hydrogens (primary N) is 1. The highest BCUT2D eigenvalue weighted by atomic mass is 35.5. The lowest BCUT2D eigenvalue weighted by atomic mass is 10.3. The van der Waals surface area contributed by atoms with E-state index in [1.807, 2.05) is 17.5 Å². The first-order chi connectivity index (χ1) is 12.5. The number of carbonyl (C=O) groups excluding carboxylic acids is 1. The van der Waals surface area contributed by atoms with E-state index >= 15 is 0 Å². The van der Waals surface area contributed by atoms with Crippen molar-refractivity contribution >= 4 is 46.3 Å². The van der Waals surface area contributed by atoms with E-state index in [9.17, 15) is 4.79 Å². The first-order valence-electron chi connectivity index (χ1n) is 7.55. The average Bonchev–Trinajstić information content (AvgIpc) is 3.25. The smallest absolute Gasteiger partial charge is 0.237 e. The summed E-state index contributed by atoms with van der Waals surface area (Å²) in [5, 5.41) is 13.4. The molecular weight excluding hydrogens is 394 g/mol. The number of thiophene rings is 1. The summed E-state index contributed by atoms with van der Waals surface area (Å²) in [6, 6.07) is 8.84. The van der Waals surface area contributed by atoms with E-state index in [0.29, 0.717) is 27.4 Å². The van der Waals surface area contributed by atoms with Gasteiger partial charge in [0, 0.05) is 5.02 Å². The molecule has 1 atom stereocenters. The number of nitrogens with zero attached hydrogens (tertiary/aromatic N) is 3. The van der Waals surface area contributed by atoms with Gasteiger partial charge in [-0.1, -0.05) is 29.4 Å². The summed E-state index contributed by atoms with van der Waals surface area (Å²) in [4.78, 5) is 13.4. The van der Waals surface area contributed by atoms with Crippen LogP contribution in [0, 0.1) is 0 Å². The second kappa shape index (κ2) is 7.98. The number of ether oxygens (including phenoxy) is 1. The second-order valence-electron chi connectivity index (χ2n) is 5.25. The largest absolute Gasteiger partial charge is 0.495 e. The average molecular weight is 410 g/mol. The summed E-state index contributed by atoms with van der Waals surface area (Å²) in [7, 11) is 1.53. The van der Waals surface area contributed by atoms with Crippen LogP contribution < -0.4 is 15.9 Å². The van der Waals surface area contributed by atoms with Crippen LogP contribution in [0.1, 0.15) is 6.92 Å². The van der Waals surface area contributed by atoms with Crippen molar-refractivity contribution in [2.24, 2.45) is 0 Å². The summed E-state index contributed by atoms with van der Waals surface area (Å²) in [5.41, 5.74) is 0.505. The van der Waals surface area contributed by atoms with E-state index in [1.165, 1.54) is 34.9 Å². The number of halogens is 1. The van der Waals surface area contributed by atoms with Crippen LogP contribution in [0.3, 0.4) is 0 Å². The Bertz CT molecular complexity index is 914. The first-order valence-corrected chi connectivity index (χ1v) is 9.68. The van der Waals surface area contributed by atoms with Crippen LogP contribution >= 0.6 is 34.7 Å². The van der Waals surface area contributed by atoms with Gasteiger partial charge in [0.05, 0.1) is 22.9 Å². The van der Waals surface area contributed by atoms with E-state index in [0.717, 1.165) is 4.88 Å². The maximum absolute atomic E-state index is 12.5. The van der Waals surface area contributed by atoms with Gasteiger partial charge in [0.25, 0.3) is 0 Å². The summed E-state index contributed by atoms with van der Waals surface area (Å²) in [6.45, 7) is 1.76. The minimum Gasteiger partial charge on any atom is -0.495 e. The van der Waals surface area contributed by atoms with Gasteiger partial charge in [-0.15, -0.1) is 21.5 Å². The number of nitrogen functional groups attached to an aromatic ring is 1. The molecule has 0 fully saturated rings. The van der Waals surface area contributed by atoms with Crippen molar-refractivity contribution in [1.29, 1.82) is 0 Å². The molecule has 2 heterocycles. The molecule has 0 saturated carbocycles. The quantitative estimate of drug-likeness (QED) is 0.478. The molecule has 0 bridgehead atoms. The fourth-order valence-corrected chi connectivity index (χ4v) is 3.80. The zero-order chi connectivity index (χ0) is 18.7. The first kappa shape index (κ1) is 18.6. The number of benzene rings is 1. The van der Waals surface area contributed by atoms with E-state index in [4.69, 9.17) is 22.2 Å². The van der Waals surface area contributed by atoms with E-state index in [1.54, 1.807) is 25.1 Å². The predicted octanol–water partition coefficient (Wildman–Crippen LogP) is 3.50. The maximum Gasteiger partial charge on any atom is 0.237 e. The Morgan fingerprint density at radius 3 is 2.92 bits per heavy atom. The van der Waals surface area contributed by atoms with E-state index in [-0.39, 0.29) is 5.91 Å². The van der Waals surface area contributed by atoms with Crippen LogP contribution in [0.15, 0.2) is 40.9 Å². The summed E-state index contributed by atoms with van der Waals surface area (Å²) >= 11 is 8.72. The van der Waals surface area contributed by atoms with Crippen molar-refractivity contribution in [2.45, 2.75) is 17.3 Å². The van der Waals surface area contributed by atoms with Gasteiger partial charge >= 0.3 is 0 Å². The van der Waals surface area contributed by atoms with Crippen molar-refractivity contribution in [3.8, 4) is 16.5 Å². The highest BCUT2D eigenvalue weighted by molar-refractivity contribution is 8.00. The van der Waals surface area contributed by atoms with Gasteiger partial charge < -0.3 is 15.9 Å². The lowest BCUT2D eigenvalue weighted by Gasteiger charge is -2.14. The molecule has 1 unspecified atom stereocenters. The molecule has 1 aromatic carbocycles. The van der Waals surface area contributed by atoms with Crippen LogP contribution in [0.4, 0.5) is 5.69 Å². The number of thioether (sulfide) groups is 1. The van der Waals surface area contributed by atoms with Crippen LogP contribution in [0.5, 0.6) is 5.75 Å². The number of nitrogens with one attached hydrogen (secondary N) is 1. The SMILES string of the molecule is COc1ccc(Cl)cc1NC(=O)C(C)Sc1nnc(-c2cccs2)n1N. The number of carbonyl (C=O) groups is 1. The van der Waals surface area contributed by atoms with Crippen LogP contribution in [-0.4, -0.2) is 33.1 Å². The van der Waals surface area contributed by atoms with Crippen molar-refractivity contribution in [3.05, 3.63) is 40.7 Å². The third kappa shape index (κ3) is 3.95. The van der Waals surface area contributed by atoms with Crippen molar-refractivity contribution < 1.29 is 9.53 Å². The topological polar surface area (TPSA) is 95.1 Å². The molecule has 0 aliphatic carbocycles. The number of hydrogen-bond donors (Lipinski definition) is 2. The van der Waals surface area contributed by atoms with Crippen LogP contribution in [0.2, 0.25) is 5.02 Å². The fraction of sp³-hybridized carbons (Fsp3) is 0.188. The van der Waals surface area contributed by atoms with Gasteiger partial charge in [-0.05, 0) is 36.6 Å². The third-order valence-electron chi connectivity index (χ3n) is 3.48. The van der Waals surface area contributed by atoms with Gasteiger partial charge in [0.2, 0.25) is 11.1 Å². The highest BCUT2D eigenvalue weighted by Crippen LogP contribution is 2.30. The van der Waals surface area contributed by atoms with Crippen LogP contribution in [0.25, 0.3) is 10.7 Å². The minimum atomic E-state index is -0.457. The van der Waals surface area contributed by atoms with Gasteiger partial charge in [-0.3, -0.25) is 4.79 Å². The Morgan fingerprint density at radius 2 is 2.23 bits per heavy atom. The Hall–Kier alpha value is -2.23. The van der Waals surface area contributed by atoms with E-state index in [2.05, 4.69) is 15.5 Å². The Labute approximate surface area is 163 Å². The van der Waals surface area contributed by atoms with Gasteiger partial charge in [-0.25, -0.2) is 4.68 Å². The molecule has 0 aliphatic heterocycles. The number of rotatable bonds is 6.